The number of nitrogens with zero attached hydrogens (tertiary/aromatic N) is 5. The van der Waals surface area contributed by atoms with Gasteiger partial charge in [0, 0.05) is 17.4 Å². The van der Waals surface area contributed by atoms with Crippen molar-refractivity contribution in [2.24, 2.45) is 0 Å². The van der Waals surface area contributed by atoms with Crippen LogP contribution in [0.3, 0.4) is 0 Å². The molecule has 13 aromatic rings. The van der Waals surface area contributed by atoms with Crippen LogP contribution >= 0.6 is 0 Å². The first kappa shape index (κ1) is 55.7. The van der Waals surface area contributed by atoms with Gasteiger partial charge >= 0.3 is 306 Å². The predicted molar refractivity (Wildman–Crippen MR) is 363 cm³/mol. The van der Waals surface area contributed by atoms with Gasteiger partial charge in [0.05, 0.1) is 11.4 Å². The summed E-state index contributed by atoms with van der Waals surface area (Å²) in [4.78, 5) is 10.3. The van der Waals surface area contributed by atoms with E-state index >= 15 is 0 Å². The molecular weight excluding hydrogens is 1270 g/mol. The molecule has 11 aromatic carbocycles. The van der Waals surface area contributed by atoms with Crippen LogP contribution in [0.2, 0.25) is 0 Å². The normalized spacial score (nSPS) is 13.2. The number of aryl methyl sites for hydroxylation is 1. The van der Waals surface area contributed by atoms with Gasteiger partial charge in [-0.3, -0.25) is 0 Å². The van der Waals surface area contributed by atoms with Crippen molar-refractivity contribution in [3.63, 3.8) is 0 Å². The molecule has 2 aromatic heterocycles. The molecule has 7 heteroatoms. The Kier molecular flexibility index (Phi) is 13.6. The van der Waals surface area contributed by atoms with E-state index in [2.05, 4.69) is 366 Å². The number of hydrogen-bond acceptors (Lipinski definition) is 4. The van der Waals surface area contributed by atoms with E-state index in [0.29, 0.717) is 11.5 Å². The predicted octanol–water partition coefficient (Wildman–Crippen LogP) is 21.5. The van der Waals surface area contributed by atoms with Crippen molar-refractivity contribution in [2.45, 2.75) is 64.7 Å². The Morgan fingerprint density at radius 3 is 1.47 bits per heavy atom. The molecule has 6 nitrogen and oxygen atoms in total. The third-order valence-electron chi connectivity index (χ3n) is 18.1. The van der Waals surface area contributed by atoms with Crippen LogP contribution in [0, 0.1) is 10.7 Å². The molecule has 89 heavy (non-hydrogen) atoms. The van der Waals surface area contributed by atoms with Gasteiger partial charge in [-0.2, -0.15) is 0 Å². The van der Waals surface area contributed by atoms with E-state index in [-0.39, 0.29) is 10.8 Å². The van der Waals surface area contributed by atoms with E-state index in [1.165, 1.54) is 27.8 Å². The zero-order chi connectivity index (χ0) is 60.8. The molecule has 2 aliphatic rings. The first-order chi connectivity index (χ1) is 43.3. The van der Waals surface area contributed by atoms with Crippen molar-refractivity contribution in [1.82, 2.24) is 14.1 Å². The van der Waals surface area contributed by atoms with E-state index in [9.17, 15) is 0 Å². The van der Waals surface area contributed by atoms with Crippen LogP contribution in [0.15, 0.2) is 279 Å². The zero-order valence-corrected chi connectivity index (χ0v) is 53.3. The molecule has 0 saturated carbocycles. The van der Waals surface area contributed by atoms with Crippen molar-refractivity contribution < 1.29 is 24.1 Å². The van der Waals surface area contributed by atoms with E-state index in [0.717, 1.165) is 105 Å². The molecule has 0 atom stereocenters. The number of hydrogen-bond donors (Lipinski definition) is 0. The summed E-state index contributed by atoms with van der Waals surface area (Å²) in [5, 5.41) is 0. The van der Waals surface area contributed by atoms with Gasteiger partial charge in [0.25, 0.3) is 0 Å². The number of pyridine rings is 1. The van der Waals surface area contributed by atoms with Gasteiger partial charge in [0.15, 0.2) is 0 Å². The first-order valence-electron chi connectivity index (χ1n) is 30.7. The van der Waals surface area contributed by atoms with Gasteiger partial charge in [-0.05, 0) is 64.3 Å². The van der Waals surface area contributed by atoms with Gasteiger partial charge in [0.1, 0.15) is 0 Å². The number of fused-ring (bicyclic) bond motifs is 9. The van der Waals surface area contributed by atoms with Crippen LogP contribution in [0.4, 0.5) is 34.3 Å². The van der Waals surface area contributed by atoms with E-state index < -0.39 is 5.41 Å². The third kappa shape index (κ3) is 9.34. The minimum atomic E-state index is -0.767. The Balaban J connectivity index is 0.906. The van der Waals surface area contributed by atoms with Gasteiger partial charge in [0.2, 0.25) is 0 Å². The third-order valence-corrected chi connectivity index (χ3v) is 19.1. The molecule has 1 spiro atoms. The van der Waals surface area contributed by atoms with Crippen molar-refractivity contribution in [1.29, 1.82) is 0 Å². The van der Waals surface area contributed by atoms with Crippen LogP contribution in [-0.2, 0) is 35.6 Å². The minimum Gasteiger partial charge on any atom is -0.0579 e. The number of ether oxygens (including phenoxy) is 1. The summed E-state index contributed by atoms with van der Waals surface area (Å²) in [7, 11) is 0. The summed E-state index contributed by atoms with van der Waals surface area (Å²) in [6.07, 6.45) is 2.06. The standard InChI is InChI=1S/C82H67N5O.Pt/c1-55-49-78(83-53-67(55)58-43-45-59(46-44-58)80(2,3)4)87-74-40-19-16-37-70(74)82(68-35-14-17-38-72(68)86(73-39-18-15-36-69(73)82)62-31-22-29-60(50-62)81(5,6)7)71-48-47-64(52-77(71)87)88-63-32-23-30-61(51-63)84-54-85(76-42-21-20-41-75(76)84)79-65(56-25-10-8-11-26-56)33-24-34-66(79)57-27-12-9-13-28-57;/h8-53H,1-7H3;. The summed E-state index contributed by atoms with van der Waals surface area (Å²) in [5.74, 6) is 2.24. The second-order valence-electron chi connectivity index (χ2n) is 25.6. The molecule has 0 amide bonds. The molecule has 0 unspecified atom stereocenters. The van der Waals surface area contributed by atoms with Crippen molar-refractivity contribution >= 4 is 45.3 Å². The Hall–Kier alpha value is -9.87. The summed E-state index contributed by atoms with van der Waals surface area (Å²) in [5.41, 5.74) is 24.2. The molecule has 0 radical (unpaired) electrons. The van der Waals surface area contributed by atoms with E-state index in [1.54, 1.807) is 0 Å². The molecular formula is C82H67N5OPt. The van der Waals surface area contributed by atoms with E-state index in [1.807, 2.05) is 0 Å². The number of para-hydroxylation sites is 6. The maximum absolute atomic E-state index is 7.26. The Labute approximate surface area is 532 Å². The molecule has 0 fully saturated rings. The quantitative estimate of drug-likeness (QED) is 0.144. The smallest absolute Gasteiger partial charge is 0.0579 e. The fraction of sp³-hybridized carbons (Fsp3) is 0.122. The first-order valence-corrected chi connectivity index (χ1v) is 31.8. The van der Waals surface area contributed by atoms with Crippen LogP contribution in [-0.4, -0.2) is 14.1 Å². The molecule has 0 aliphatic carbocycles. The van der Waals surface area contributed by atoms with Gasteiger partial charge in [-0.1, -0.05) is 133 Å². The number of aromatic nitrogens is 3. The Bertz CT molecular complexity index is 4840. The second kappa shape index (κ2) is 21.8. The van der Waals surface area contributed by atoms with E-state index in [4.69, 9.17) is 9.72 Å². The molecule has 2 aliphatic heterocycles. The molecule has 436 valence electrons. The monoisotopic (exact) mass is 1330 g/mol. The fourth-order valence-electron chi connectivity index (χ4n) is 13.8. The second-order valence-corrected chi connectivity index (χ2v) is 26.6. The average molecular weight is 1330 g/mol. The number of imidazole rings is 1. The Morgan fingerprint density at radius 1 is 0.382 bits per heavy atom. The molecule has 0 N–H and O–H groups in total. The summed E-state index contributed by atoms with van der Waals surface area (Å²) in [6, 6.07) is 99.4. The Morgan fingerprint density at radius 2 is 0.876 bits per heavy atom. The molecule has 0 saturated heterocycles. The number of anilines is 6. The van der Waals surface area contributed by atoms with Crippen molar-refractivity contribution in [3.05, 3.63) is 322 Å². The van der Waals surface area contributed by atoms with Gasteiger partial charge in [-0.25, -0.2) is 0 Å². The topological polar surface area (TPSA) is 38.5 Å². The van der Waals surface area contributed by atoms with Crippen molar-refractivity contribution in [3.8, 4) is 56.3 Å². The summed E-state index contributed by atoms with van der Waals surface area (Å²) < 4.78 is 13.1. The number of benzene rings is 11. The van der Waals surface area contributed by atoms with Crippen LogP contribution < -0.4 is 14.5 Å². The zero-order valence-electron chi connectivity index (χ0n) is 51.0. The average Bonchev–Trinajstić information content (AvgIpc) is 1.17. The van der Waals surface area contributed by atoms with Crippen LogP contribution in [0.1, 0.15) is 80.5 Å². The fourth-order valence-corrected chi connectivity index (χ4v) is 14.9. The van der Waals surface area contributed by atoms with Gasteiger partial charge < -0.3 is 4.90 Å². The van der Waals surface area contributed by atoms with Crippen LogP contribution in [0.5, 0.6) is 11.5 Å². The molecule has 4 heterocycles. The van der Waals surface area contributed by atoms with Gasteiger partial charge in [-0.15, -0.1) is 0 Å². The maximum atomic E-state index is 7.26. The molecule has 0 bridgehead atoms. The SMILES string of the molecule is Cc1cc(N2c3ccccc3C3(c4ccccc4N(c4cccc(C(C)(C)C)c4)c4ccccc43)c3ccc(Oc4cccc(-n5[c](=[Pt])n(-c6c(-c7ccccc7)cccc6-c6ccccc6)c6ccccc65)c4)cc32)ncc1-c1ccc(C(C)(C)C)cc1. The van der Waals surface area contributed by atoms with Crippen molar-refractivity contribution in [2.75, 3.05) is 9.80 Å². The number of rotatable bonds is 9. The summed E-state index contributed by atoms with van der Waals surface area (Å²) >= 11 is 2.53. The molecule has 15 rings (SSSR count). The summed E-state index contributed by atoms with van der Waals surface area (Å²) in [6.45, 7) is 15.9. The minimum absolute atomic E-state index is 0.0417. The van der Waals surface area contributed by atoms with Crippen LogP contribution in [0.25, 0.3) is 55.8 Å².